The minimum atomic E-state index is -0.155. The van der Waals surface area contributed by atoms with E-state index in [1.807, 2.05) is 0 Å². The molecule has 28 heavy (non-hydrogen) atoms. The second-order valence-electron chi connectivity index (χ2n) is 7.23. The standard InChI is InChI=1S/C21H30N3S2.O.Tc/c1-21(2,26)15-22-14-18-13-17(7-10-20(18)23-11-12-25)16-5-8-19(9-6-16)24(3)4;;/h5-10,13,22,25-26H,11-12,14-15H2,1-4H3;;/q-1;;+4/p-2. The van der Waals surface area contributed by atoms with E-state index in [9.17, 15) is 0 Å². The molecule has 0 fully saturated rings. The van der Waals surface area contributed by atoms with Gasteiger partial charge in [0.2, 0.25) is 0 Å². The summed E-state index contributed by atoms with van der Waals surface area (Å²) in [7, 11) is 4.10. The molecule has 7 heteroatoms. The van der Waals surface area contributed by atoms with E-state index in [2.05, 4.69) is 85.9 Å². The Morgan fingerprint density at radius 3 is 2.21 bits per heavy atom. The average Bonchev–Trinajstić information content (AvgIpc) is 2.67. The zero-order chi connectivity index (χ0) is 21.2. The monoisotopic (exact) mass is 499 g/mol. The van der Waals surface area contributed by atoms with Gasteiger partial charge in [0.25, 0.3) is 0 Å². The van der Waals surface area contributed by atoms with Gasteiger partial charge in [0.15, 0.2) is 0 Å². The van der Waals surface area contributed by atoms with Crippen LogP contribution in [0, 0.1) is 0 Å². The van der Waals surface area contributed by atoms with Crippen LogP contribution < -0.4 is 10.2 Å². The third kappa shape index (κ3) is 8.66. The predicted molar refractivity (Wildman–Crippen MR) is 120 cm³/mol. The van der Waals surface area contributed by atoms with Crippen LogP contribution >= 0.6 is 0 Å². The van der Waals surface area contributed by atoms with Gasteiger partial charge in [0, 0.05) is 26.3 Å². The summed E-state index contributed by atoms with van der Waals surface area (Å²) in [6, 6.07) is 15.0. The van der Waals surface area contributed by atoms with Gasteiger partial charge in [-0.05, 0) is 35.4 Å². The van der Waals surface area contributed by atoms with E-state index in [1.54, 1.807) is 0 Å². The molecule has 0 aliphatic carbocycles. The summed E-state index contributed by atoms with van der Waals surface area (Å²) >= 11 is 11.4. The Morgan fingerprint density at radius 2 is 1.68 bits per heavy atom. The molecule has 2 aromatic rings. The molecule has 1 N–H and O–H groups in total. The van der Waals surface area contributed by atoms with E-state index in [-0.39, 0.29) is 4.75 Å². The maximum absolute atomic E-state index is 8.22. The third-order valence-electron chi connectivity index (χ3n) is 4.04. The number of hydrogen-bond acceptors (Lipinski definition) is 5. The van der Waals surface area contributed by atoms with Gasteiger partial charge >= 0.3 is 22.4 Å². The number of anilines is 1. The summed E-state index contributed by atoms with van der Waals surface area (Å²) in [4.78, 5) is 2.10. The Hall–Kier alpha value is -0.851. The fourth-order valence-corrected chi connectivity index (χ4v) is 2.87. The number of nitrogens with one attached hydrogen (secondary N) is 1. The van der Waals surface area contributed by atoms with Crippen molar-refractivity contribution in [1.82, 2.24) is 5.32 Å². The molecule has 2 aromatic carbocycles. The van der Waals surface area contributed by atoms with Gasteiger partial charge in [-0.1, -0.05) is 44.2 Å². The summed E-state index contributed by atoms with van der Waals surface area (Å²) in [6.07, 6.45) is 0. The number of benzene rings is 2. The van der Waals surface area contributed by atoms with Gasteiger partial charge in [-0.25, -0.2) is 0 Å². The van der Waals surface area contributed by atoms with E-state index in [0.717, 1.165) is 37.6 Å². The molecule has 0 bridgehead atoms. The van der Waals surface area contributed by atoms with Crippen LogP contribution in [0.1, 0.15) is 19.4 Å². The SMILES string of the molecule is CN(C)c1ccc(-c2ccc([N-]CC[S-])c(CNCC(C)(C)[S-])c2)cc1.[O]=[Tc+4]. The zero-order valence-electron chi connectivity index (χ0n) is 16.9. The Bertz CT molecular complexity index is 719. The molecule has 0 radical (unpaired) electrons. The van der Waals surface area contributed by atoms with Crippen molar-refractivity contribution in [2.24, 2.45) is 0 Å². The second-order valence-corrected chi connectivity index (χ2v) is 8.75. The average molecular weight is 501 g/mol. The van der Waals surface area contributed by atoms with E-state index in [0.29, 0.717) is 12.3 Å². The molecular formula is C21H28N3OS2Tc+. The fraction of sp³-hybridized carbons (Fsp3) is 0.429. The first-order valence-corrected chi connectivity index (χ1v) is 10.8. The number of nitrogens with zero attached hydrogens (tertiary/aromatic N) is 2. The first kappa shape index (κ1) is 25.2. The molecule has 0 saturated heterocycles. The molecule has 0 saturated carbocycles. The number of rotatable bonds is 9. The topological polar surface area (TPSA) is 46.4 Å². The molecule has 0 heterocycles. The number of hydrogen-bond donors (Lipinski definition) is 1. The van der Waals surface area contributed by atoms with Gasteiger partial charge in [0.1, 0.15) is 0 Å². The molecule has 0 aromatic heterocycles. The maximum atomic E-state index is 8.22. The third-order valence-corrected chi connectivity index (χ3v) is 4.36. The molecule has 0 spiro atoms. The van der Waals surface area contributed by atoms with Crippen LogP contribution in [0.2, 0.25) is 0 Å². The van der Waals surface area contributed by atoms with Crippen LogP contribution in [-0.4, -0.2) is 37.7 Å². The van der Waals surface area contributed by atoms with Gasteiger partial charge in [-0.3, -0.25) is 0 Å². The van der Waals surface area contributed by atoms with E-state index in [4.69, 9.17) is 28.8 Å². The molecule has 0 unspecified atom stereocenters. The van der Waals surface area contributed by atoms with Gasteiger partial charge in [-0.15, -0.1) is 10.4 Å². The Kier molecular flexibility index (Phi) is 11.4. The van der Waals surface area contributed by atoms with Crippen LogP contribution in [0.15, 0.2) is 42.5 Å². The van der Waals surface area contributed by atoms with Crippen molar-refractivity contribution in [1.29, 1.82) is 0 Å². The predicted octanol–water partition coefficient (Wildman–Crippen LogP) is 4.27. The summed E-state index contributed by atoms with van der Waals surface area (Å²) < 4.78 is 8.06. The quantitative estimate of drug-likeness (QED) is 0.522. The Labute approximate surface area is 191 Å². The Balaban J connectivity index is 0.00000190. The van der Waals surface area contributed by atoms with Crippen LogP contribution in [0.3, 0.4) is 0 Å². The Morgan fingerprint density at radius 1 is 1.07 bits per heavy atom. The van der Waals surface area contributed by atoms with Crippen molar-refractivity contribution in [3.63, 3.8) is 0 Å². The summed E-state index contributed by atoms with van der Waals surface area (Å²) in [5.41, 5.74) is 5.79. The van der Waals surface area contributed by atoms with E-state index < -0.39 is 0 Å². The molecule has 0 atom stereocenters. The van der Waals surface area contributed by atoms with Crippen LogP contribution in [0.25, 0.3) is 16.4 Å². The second kappa shape index (κ2) is 12.7. The summed E-state index contributed by atoms with van der Waals surface area (Å²) in [5, 5.41) is 8.10. The van der Waals surface area contributed by atoms with Gasteiger partial charge < -0.3 is 40.8 Å². The van der Waals surface area contributed by atoms with Crippen molar-refractivity contribution in [2.75, 3.05) is 37.8 Å². The molecule has 0 aliphatic rings. The molecule has 2 rings (SSSR count). The van der Waals surface area contributed by atoms with Crippen molar-refractivity contribution in [3.05, 3.63) is 53.3 Å². The van der Waals surface area contributed by atoms with Crippen molar-refractivity contribution in [2.45, 2.75) is 25.1 Å². The van der Waals surface area contributed by atoms with Crippen LogP contribution in [0.4, 0.5) is 11.4 Å². The minimum absolute atomic E-state index is 0.155. The van der Waals surface area contributed by atoms with Gasteiger partial charge in [0.05, 0.1) is 0 Å². The first-order chi connectivity index (χ1) is 13.3. The van der Waals surface area contributed by atoms with Crippen LogP contribution in [-0.2, 0) is 54.2 Å². The molecular weight excluding hydrogens is 472 g/mol. The molecule has 4 nitrogen and oxygen atoms in total. The van der Waals surface area contributed by atoms with Gasteiger partial charge in [-0.2, -0.15) is 12.3 Å². The molecule has 0 aliphatic heterocycles. The van der Waals surface area contributed by atoms with Crippen molar-refractivity contribution in [3.8, 4) is 11.1 Å². The normalized spacial score (nSPS) is 10.9. The molecule has 0 amide bonds. The van der Waals surface area contributed by atoms with Crippen molar-refractivity contribution < 1.29 is 22.4 Å². The van der Waals surface area contributed by atoms with E-state index >= 15 is 0 Å². The van der Waals surface area contributed by atoms with Crippen LogP contribution in [0.5, 0.6) is 0 Å². The fourth-order valence-electron chi connectivity index (χ4n) is 2.68. The first-order valence-electron chi connectivity index (χ1n) is 9.03. The molecule has 151 valence electrons. The summed E-state index contributed by atoms with van der Waals surface area (Å²) in [5.74, 6) is 0.639. The van der Waals surface area contributed by atoms with E-state index in [1.165, 1.54) is 22.4 Å². The summed E-state index contributed by atoms with van der Waals surface area (Å²) in [6.45, 7) is 6.32. The van der Waals surface area contributed by atoms with Crippen molar-refractivity contribution >= 4 is 36.6 Å². The zero-order valence-corrected chi connectivity index (χ0v) is 20.4.